The summed E-state index contributed by atoms with van der Waals surface area (Å²) in [5.74, 6) is -1.70. The number of sulfonamides is 1. The number of carbonyl (C=O) groups is 1. The number of hydrogen-bond donors (Lipinski definition) is 2. The Hall–Kier alpha value is -0.840. The lowest BCUT2D eigenvalue weighted by Gasteiger charge is -2.11. The highest BCUT2D eigenvalue weighted by atomic mass is 79.9. The van der Waals surface area contributed by atoms with Crippen LogP contribution in [-0.2, 0) is 20.8 Å². The van der Waals surface area contributed by atoms with Crippen molar-refractivity contribution < 1.29 is 21.8 Å². The second kappa shape index (κ2) is 6.95. The molecule has 21 heavy (non-hydrogen) atoms. The van der Waals surface area contributed by atoms with E-state index >= 15 is 0 Å². The lowest BCUT2D eigenvalue weighted by Crippen LogP contribution is -2.33. The molecule has 0 bridgehead atoms. The molecular weight excluding hydrogens is 387 g/mol. The molecule has 6 nitrogen and oxygen atoms in total. The average molecular weight is 401 g/mol. The van der Waals surface area contributed by atoms with Crippen molar-refractivity contribution in [1.82, 2.24) is 5.32 Å². The lowest BCUT2D eigenvalue weighted by molar-refractivity contribution is 0.0950. The third-order valence-electron chi connectivity index (χ3n) is 2.69. The van der Waals surface area contributed by atoms with E-state index < -0.39 is 38.1 Å². The Labute approximate surface area is 132 Å². The summed E-state index contributed by atoms with van der Waals surface area (Å²) in [5, 5.41) is 7.07. The van der Waals surface area contributed by atoms with Crippen LogP contribution in [0.2, 0.25) is 0 Å². The summed E-state index contributed by atoms with van der Waals surface area (Å²) in [6, 6.07) is 1.72. The number of hydrogen-bond acceptors (Lipinski definition) is 4. The van der Waals surface area contributed by atoms with Gasteiger partial charge in [0.15, 0.2) is 0 Å². The lowest BCUT2D eigenvalue weighted by atomic mass is 10.2. The van der Waals surface area contributed by atoms with Gasteiger partial charge in [-0.3, -0.25) is 9.00 Å². The Kier molecular flexibility index (Phi) is 6.02. The van der Waals surface area contributed by atoms with Crippen LogP contribution in [0.15, 0.2) is 21.5 Å². The third-order valence-corrected chi connectivity index (χ3v) is 5.86. The predicted octanol–water partition coefficient (Wildman–Crippen LogP) is 0.732. The topological polar surface area (TPSA) is 106 Å². The van der Waals surface area contributed by atoms with Crippen molar-refractivity contribution in [3.05, 3.63) is 28.0 Å². The number of nitrogens with two attached hydrogens (primary N) is 1. The first kappa shape index (κ1) is 18.2. The van der Waals surface area contributed by atoms with Gasteiger partial charge in [-0.25, -0.2) is 17.9 Å². The van der Waals surface area contributed by atoms with Crippen LogP contribution in [-0.4, -0.2) is 36.6 Å². The molecule has 118 valence electrons. The Morgan fingerprint density at radius 3 is 2.57 bits per heavy atom. The van der Waals surface area contributed by atoms with Gasteiger partial charge in [0, 0.05) is 33.3 Å². The van der Waals surface area contributed by atoms with Gasteiger partial charge in [-0.2, -0.15) is 0 Å². The van der Waals surface area contributed by atoms with Gasteiger partial charge in [-0.05, 0) is 35.0 Å². The first-order valence-corrected chi connectivity index (χ1v) is 9.62. The molecule has 0 aliphatic carbocycles. The third kappa shape index (κ3) is 4.83. The average Bonchev–Trinajstić information content (AvgIpc) is 2.33. The molecule has 3 N–H and O–H groups in total. The van der Waals surface area contributed by atoms with Crippen molar-refractivity contribution in [2.24, 2.45) is 5.14 Å². The molecule has 0 fully saturated rings. The first-order valence-electron chi connectivity index (χ1n) is 5.66. The molecule has 10 heteroatoms. The maximum Gasteiger partial charge on any atom is 0.254 e. The van der Waals surface area contributed by atoms with Crippen LogP contribution in [0.4, 0.5) is 4.39 Å². The molecule has 1 amide bonds. The quantitative estimate of drug-likeness (QED) is 0.759. The molecule has 0 aromatic heterocycles. The molecule has 1 aromatic rings. The van der Waals surface area contributed by atoms with E-state index in [1.165, 1.54) is 6.26 Å². The van der Waals surface area contributed by atoms with Gasteiger partial charge in [0.25, 0.3) is 5.91 Å². The number of benzene rings is 1. The van der Waals surface area contributed by atoms with Crippen molar-refractivity contribution in [3.8, 4) is 0 Å². The summed E-state index contributed by atoms with van der Waals surface area (Å²) in [4.78, 5) is 11.5. The van der Waals surface area contributed by atoms with Crippen molar-refractivity contribution in [2.45, 2.75) is 17.1 Å². The predicted molar refractivity (Wildman–Crippen MR) is 81.3 cm³/mol. The molecule has 0 radical (unpaired) electrons. The molecule has 0 saturated carbocycles. The molecule has 0 aliphatic heterocycles. The normalized spacial score (nSPS) is 14.5. The minimum atomic E-state index is -4.09. The zero-order valence-corrected chi connectivity index (χ0v) is 14.4. The Morgan fingerprint density at radius 1 is 1.52 bits per heavy atom. The maximum absolute atomic E-state index is 13.8. The maximum atomic E-state index is 13.8. The number of nitrogens with one attached hydrogen (secondary N) is 1. The van der Waals surface area contributed by atoms with Crippen LogP contribution in [0, 0.1) is 5.82 Å². The zero-order valence-electron chi connectivity index (χ0n) is 11.2. The summed E-state index contributed by atoms with van der Waals surface area (Å²) in [7, 11) is -5.24. The minimum Gasteiger partial charge on any atom is -0.351 e. The number of amides is 1. The van der Waals surface area contributed by atoms with E-state index in [0.717, 1.165) is 12.1 Å². The van der Waals surface area contributed by atoms with Gasteiger partial charge >= 0.3 is 0 Å². The van der Waals surface area contributed by atoms with E-state index in [4.69, 9.17) is 5.14 Å². The fourth-order valence-electron chi connectivity index (χ4n) is 1.37. The Morgan fingerprint density at radius 2 is 2.10 bits per heavy atom. The van der Waals surface area contributed by atoms with Crippen LogP contribution in [0.3, 0.4) is 0 Å². The van der Waals surface area contributed by atoms with Gasteiger partial charge in [0.05, 0.1) is 10.5 Å². The monoisotopic (exact) mass is 400 g/mol. The molecule has 2 unspecified atom stereocenters. The first-order chi connectivity index (χ1) is 9.54. The summed E-state index contributed by atoms with van der Waals surface area (Å²) >= 11 is 2.88. The summed E-state index contributed by atoms with van der Waals surface area (Å²) < 4.78 is 47.6. The van der Waals surface area contributed by atoms with Crippen molar-refractivity contribution in [1.29, 1.82) is 0 Å². The summed E-state index contributed by atoms with van der Waals surface area (Å²) in [6.07, 6.45) is 1.48. The summed E-state index contributed by atoms with van der Waals surface area (Å²) in [6.45, 7) is 1.73. The Bertz CT molecular complexity index is 694. The van der Waals surface area contributed by atoms with E-state index in [1.807, 2.05) is 0 Å². The fourth-order valence-corrected chi connectivity index (χ4v) is 3.29. The Balaban J connectivity index is 3.08. The standard InChI is InChI=1S/C11H14BrFN2O4S2/c1-6(20(2)17)5-15-11(16)7-3-10(21(14,18)19)8(12)4-9(7)13/h3-4,6H,5H2,1-2H3,(H,15,16)(H2,14,18,19). The van der Waals surface area contributed by atoms with E-state index in [9.17, 15) is 21.8 Å². The van der Waals surface area contributed by atoms with Gasteiger partial charge < -0.3 is 5.32 Å². The fraction of sp³-hybridized carbons (Fsp3) is 0.364. The van der Waals surface area contributed by atoms with Crippen LogP contribution in [0.1, 0.15) is 17.3 Å². The molecule has 0 aliphatic rings. The minimum absolute atomic E-state index is 0.0675. The molecule has 0 heterocycles. The molecule has 1 aromatic carbocycles. The summed E-state index contributed by atoms with van der Waals surface area (Å²) in [5.41, 5.74) is -0.448. The molecule has 1 rings (SSSR count). The molecule has 0 saturated heterocycles. The van der Waals surface area contributed by atoms with Crippen LogP contribution in [0.25, 0.3) is 0 Å². The van der Waals surface area contributed by atoms with E-state index in [2.05, 4.69) is 21.2 Å². The van der Waals surface area contributed by atoms with Crippen LogP contribution >= 0.6 is 15.9 Å². The van der Waals surface area contributed by atoms with Gasteiger partial charge in [-0.1, -0.05) is 0 Å². The largest absolute Gasteiger partial charge is 0.351 e. The van der Waals surface area contributed by atoms with E-state index in [-0.39, 0.29) is 21.2 Å². The second-order valence-corrected chi connectivity index (χ2v) is 8.51. The van der Waals surface area contributed by atoms with Gasteiger partial charge in [-0.15, -0.1) is 0 Å². The highest BCUT2D eigenvalue weighted by Gasteiger charge is 2.21. The van der Waals surface area contributed by atoms with E-state index in [0.29, 0.717) is 0 Å². The van der Waals surface area contributed by atoms with Crippen molar-refractivity contribution in [2.75, 3.05) is 12.8 Å². The van der Waals surface area contributed by atoms with Crippen LogP contribution < -0.4 is 10.5 Å². The highest BCUT2D eigenvalue weighted by Crippen LogP contribution is 2.24. The molecule has 2 atom stereocenters. The number of carbonyl (C=O) groups excluding carboxylic acids is 1. The second-order valence-electron chi connectivity index (χ2n) is 4.33. The number of halogens is 2. The highest BCUT2D eigenvalue weighted by molar-refractivity contribution is 9.10. The number of rotatable bonds is 5. The zero-order chi connectivity index (χ0) is 16.4. The van der Waals surface area contributed by atoms with Crippen molar-refractivity contribution >= 4 is 42.7 Å². The SMILES string of the molecule is CC(CNC(=O)c1cc(S(N)(=O)=O)c(Br)cc1F)S(C)=O. The molecular formula is C11H14BrFN2O4S2. The van der Waals surface area contributed by atoms with Gasteiger partial charge in [0.1, 0.15) is 5.82 Å². The van der Waals surface area contributed by atoms with Gasteiger partial charge in [0.2, 0.25) is 10.0 Å². The van der Waals surface area contributed by atoms with Crippen molar-refractivity contribution in [3.63, 3.8) is 0 Å². The van der Waals surface area contributed by atoms with E-state index in [1.54, 1.807) is 6.92 Å². The smallest absolute Gasteiger partial charge is 0.254 e. The molecule has 0 spiro atoms. The van der Waals surface area contributed by atoms with Crippen LogP contribution in [0.5, 0.6) is 0 Å². The number of primary sulfonamides is 1.